The molecule has 0 saturated carbocycles. The van der Waals surface area contributed by atoms with E-state index in [0.29, 0.717) is 0 Å². The summed E-state index contributed by atoms with van der Waals surface area (Å²) in [4.78, 5) is 36.2. The van der Waals surface area contributed by atoms with Gasteiger partial charge >= 0.3 is 11.7 Å². The molecule has 1 amide bonds. The molecule has 0 aliphatic carbocycles. The van der Waals surface area contributed by atoms with Gasteiger partial charge in [-0.3, -0.25) is 9.59 Å². The fourth-order valence-electron chi connectivity index (χ4n) is 2.00. The van der Waals surface area contributed by atoms with Crippen molar-refractivity contribution in [3.05, 3.63) is 5.53 Å². The van der Waals surface area contributed by atoms with Crippen molar-refractivity contribution >= 4 is 23.4 Å². The van der Waals surface area contributed by atoms with Crippen LogP contribution < -0.4 is 11.1 Å². The normalized spacial score (nSPS) is 25.2. The number of ketones is 1. The van der Waals surface area contributed by atoms with Crippen LogP contribution in [0.15, 0.2) is 0 Å². The fraction of sp³-hybridized carbons (Fsp3) is 0.600. The van der Waals surface area contributed by atoms with Crippen LogP contribution in [-0.4, -0.2) is 45.4 Å². The van der Waals surface area contributed by atoms with Crippen LogP contribution in [0, 0.1) is 11.8 Å². The predicted octanol–water partition coefficient (Wildman–Crippen LogP) is -1.59. The number of carbonyl (C=O) groups is 3. The molecule has 1 fully saturated rings. The molecule has 4 atom stereocenters. The Labute approximate surface area is 103 Å². The van der Waals surface area contributed by atoms with E-state index in [-0.39, 0.29) is 5.91 Å². The van der Waals surface area contributed by atoms with Gasteiger partial charge in [0.25, 0.3) is 5.78 Å². The maximum atomic E-state index is 11.8. The molecule has 0 radical (unpaired) electrons. The van der Waals surface area contributed by atoms with E-state index >= 15 is 0 Å². The SMILES string of the molecule is CC(C(=O)C(=[N+]=[N-])C(=O)O)[C@H]1NC(=O)[C@@H]1[C@@H](C)N. The lowest BCUT2D eigenvalue weighted by atomic mass is 9.76. The zero-order chi connectivity index (χ0) is 14.0. The Bertz CT molecular complexity index is 453. The minimum absolute atomic E-state index is 0.271. The molecule has 1 unspecified atom stereocenters. The molecule has 1 rings (SSSR count). The van der Waals surface area contributed by atoms with Crippen LogP contribution in [0.2, 0.25) is 0 Å². The number of hydrogen-bond donors (Lipinski definition) is 3. The molecule has 1 saturated heterocycles. The summed E-state index contributed by atoms with van der Waals surface area (Å²) in [5.41, 5.74) is 13.2. The van der Waals surface area contributed by atoms with Crippen molar-refractivity contribution in [2.75, 3.05) is 0 Å². The Morgan fingerprint density at radius 1 is 1.50 bits per heavy atom. The number of carboxylic acids is 1. The fourth-order valence-corrected chi connectivity index (χ4v) is 2.00. The van der Waals surface area contributed by atoms with Gasteiger partial charge in [0.15, 0.2) is 0 Å². The molecule has 4 N–H and O–H groups in total. The lowest BCUT2D eigenvalue weighted by Crippen LogP contribution is -2.67. The van der Waals surface area contributed by atoms with Gasteiger partial charge in [-0.25, -0.2) is 4.79 Å². The highest BCUT2D eigenvalue weighted by Gasteiger charge is 2.49. The van der Waals surface area contributed by atoms with Gasteiger partial charge in [0, 0.05) is 12.0 Å². The summed E-state index contributed by atoms with van der Waals surface area (Å²) in [6, 6.07) is -0.987. The first-order valence-electron chi connectivity index (χ1n) is 5.36. The molecule has 0 spiro atoms. The molecule has 98 valence electrons. The third kappa shape index (κ3) is 2.29. The number of carboxylic acid groups (broad SMARTS) is 1. The molecule has 1 aliphatic rings. The van der Waals surface area contributed by atoms with Crippen molar-refractivity contribution in [1.82, 2.24) is 5.32 Å². The summed E-state index contributed by atoms with van der Waals surface area (Å²) < 4.78 is 0. The van der Waals surface area contributed by atoms with Gasteiger partial charge in [0.1, 0.15) is 0 Å². The maximum Gasteiger partial charge on any atom is 0.441 e. The van der Waals surface area contributed by atoms with Crippen LogP contribution >= 0.6 is 0 Å². The van der Waals surface area contributed by atoms with Crippen LogP contribution in [0.4, 0.5) is 0 Å². The number of Topliss-reactive ketones (excluding diaryl/α,β-unsaturated/α-hetero) is 1. The first-order valence-corrected chi connectivity index (χ1v) is 5.36. The van der Waals surface area contributed by atoms with Gasteiger partial charge in [-0.1, -0.05) is 6.92 Å². The number of rotatable bonds is 5. The number of hydrogen-bond acceptors (Lipinski definition) is 4. The Hall–Kier alpha value is -2.05. The molecule has 0 bridgehead atoms. The van der Waals surface area contributed by atoms with Crippen LogP contribution in [0.5, 0.6) is 0 Å². The van der Waals surface area contributed by atoms with E-state index in [4.69, 9.17) is 16.4 Å². The summed E-state index contributed by atoms with van der Waals surface area (Å²) in [6.07, 6.45) is 0. The third-order valence-corrected chi connectivity index (χ3v) is 3.05. The molecule has 1 aliphatic heterocycles. The molecular weight excluding hydrogens is 240 g/mol. The highest BCUT2D eigenvalue weighted by molar-refractivity contribution is 6.62. The van der Waals surface area contributed by atoms with E-state index < -0.39 is 41.4 Å². The molecule has 8 heteroatoms. The molecule has 0 aromatic rings. The summed E-state index contributed by atoms with van der Waals surface area (Å²) >= 11 is 0. The summed E-state index contributed by atoms with van der Waals surface area (Å²) in [7, 11) is 0. The molecule has 18 heavy (non-hydrogen) atoms. The van der Waals surface area contributed by atoms with Gasteiger partial charge in [0.2, 0.25) is 5.91 Å². The van der Waals surface area contributed by atoms with Gasteiger partial charge in [-0.05, 0) is 6.92 Å². The lowest BCUT2D eigenvalue weighted by molar-refractivity contribution is -0.141. The van der Waals surface area contributed by atoms with Gasteiger partial charge in [-0.2, -0.15) is 4.79 Å². The van der Waals surface area contributed by atoms with Crippen molar-refractivity contribution in [1.29, 1.82) is 0 Å². The quantitative estimate of drug-likeness (QED) is 0.178. The van der Waals surface area contributed by atoms with Crippen LogP contribution in [0.1, 0.15) is 13.8 Å². The number of nitrogens with zero attached hydrogens (tertiary/aromatic N) is 2. The first-order chi connectivity index (χ1) is 8.31. The Balaban J connectivity index is 2.86. The zero-order valence-corrected chi connectivity index (χ0v) is 9.95. The molecule has 0 aromatic carbocycles. The smallest absolute Gasteiger partial charge is 0.441 e. The van der Waals surface area contributed by atoms with E-state index in [2.05, 4.69) is 10.1 Å². The van der Waals surface area contributed by atoms with Crippen molar-refractivity contribution in [2.24, 2.45) is 17.6 Å². The highest BCUT2D eigenvalue weighted by atomic mass is 16.4. The van der Waals surface area contributed by atoms with Gasteiger partial charge < -0.3 is 21.7 Å². The number of nitrogens with one attached hydrogen (secondary N) is 1. The Morgan fingerprint density at radius 2 is 2.06 bits per heavy atom. The highest BCUT2D eigenvalue weighted by Crippen LogP contribution is 2.25. The maximum absolute atomic E-state index is 11.8. The second kappa shape index (κ2) is 5.07. The average molecular weight is 254 g/mol. The van der Waals surface area contributed by atoms with Gasteiger partial charge in [-0.15, -0.1) is 0 Å². The zero-order valence-electron chi connectivity index (χ0n) is 9.95. The third-order valence-electron chi connectivity index (χ3n) is 3.05. The Morgan fingerprint density at radius 3 is 2.39 bits per heavy atom. The molecule has 1 heterocycles. The lowest BCUT2D eigenvalue weighted by Gasteiger charge is -2.41. The van der Waals surface area contributed by atoms with Crippen LogP contribution in [0.3, 0.4) is 0 Å². The number of β-lactam (4-membered cyclic amide) rings is 1. The van der Waals surface area contributed by atoms with Crippen molar-refractivity contribution in [3.63, 3.8) is 0 Å². The van der Waals surface area contributed by atoms with Crippen LogP contribution in [-0.2, 0) is 14.4 Å². The second-order valence-electron chi connectivity index (χ2n) is 4.33. The topological polar surface area (TPSA) is 146 Å². The largest absolute Gasteiger partial charge is 0.472 e. The summed E-state index contributed by atoms with van der Waals surface area (Å²) in [5.74, 6) is -4.09. The van der Waals surface area contributed by atoms with E-state index in [0.717, 1.165) is 0 Å². The number of nitrogens with two attached hydrogens (primary N) is 1. The summed E-state index contributed by atoms with van der Waals surface area (Å²) in [6.45, 7) is 3.09. The van der Waals surface area contributed by atoms with Crippen LogP contribution in [0.25, 0.3) is 5.53 Å². The molecule has 0 aromatic heterocycles. The van der Waals surface area contributed by atoms with Crippen molar-refractivity contribution in [3.8, 4) is 0 Å². The molecule has 8 nitrogen and oxygen atoms in total. The van der Waals surface area contributed by atoms with Crippen molar-refractivity contribution in [2.45, 2.75) is 25.9 Å². The average Bonchev–Trinajstić information content (AvgIpc) is 2.24. The Kier molecular flexibility index (Phi) is 3.95. The first kappa shape index (κ1) is 14.0. The monoisotopic (exact) mass is 254 g/mol. The van der Waals surface area contributed by atoms with E-state index in [1.54, 1.807) is 6.92 Å². The standard InChI is InChI=1S/C10H14N4O4/c1-3(8(15)7(14-12)10(17)18)6-5(4(2)11)9(16)13-6/h3-6H,11H2,1-2H3,(H,13,16)(H,17,18)/t3?,4-,5-,6-/m1/s1. The molecular formula is C10H14N4O4. The van der Waals surface area contributed by atoms with E-state index in [1.165, 1.54) is 6.92 Å². The number of aliphatic carboxylic acids is 1. The van der Waals surface area contributed by atoms with E-state index in [1.807, 2.05) is 0 Å². The predicted molar refractivity (Wildman–Crippen MR) is 59.5 cm³/mol. The number of amides is 1. The summed E-state index contributed by atoms with van der Waals surface area (Å²) in [5, 5.41) is 11.2. The second-order valence-corrected chi connectivity index (χ2v) is 4.33. The number of carbonyl (C=O) groups excluding carboxylic acids is 2. The minimum Gasteiger partial charge on any atom is -0.472 e. The van der Waals surface area contributed by atoms with Gasteiger partial charge in [0.05, 0.1) is 12.0 Å². The van der Waals surface area contributed by atoms with E-state index in [9.17, 15) is 14.4 Å². The van der Waals surface area contributed by atoms with Crippen molar-refractivity contribution < 1.29 is 24.3 Å². The minimum atomic E-state index is -1.61.